The van der Waals surface area contributed by atoms with Gasteiger partial charge in [0.05, 0.1) is 18.7 Å². The van der Waals surface area contributed by atoms with Crippen LogP contribution in [0.1, 0.15) is 10.4 Å². The number of ether oxygens (including phenoxy) is 1. The first-order valence-corrected chi connectivity index (χ1v) is 8.95. The smallest absolute Gasteiger partial charge is 0.278 e. The molecule has 0 saturated heterocycles. The minimum Gasteiger partial charge on any atom is -0.383 e. The average molecular weight is 377 g/mol. The molecule has 1 aliphatic heterocycles. The molecule has 2 heterocycles. The fraction of sp³-hybridized carbons (Fsp3) is 0.222. The highest BCUT2D eigenvalue weighted by atomic mass is 35.5. The van der Waals surface area contributed by atoms with E-state index in [4.69, 9.17) is 16.3 Å². The molecule has 0 saturated carbocycles. The first-order chi connectivity index (χ1) is 12.0. The van der Waals surface area contributed by atoms with Crippen molar-refractivity contribution in [2.24, 2.45) is 0 Å². The van der Waals surface area contributed by atoms with Crippen molar-refractivity contribution in [1.82, 2.24) is 4.90 Å². The summed E-state index contributed by atoms with van der Waals surface area (Å²) in [6, 6.07) is 9.07. The zero-order valence-electron chi connectivity index (χ0n) is 13.8. The Morgan fingerprint density at radius 2 is 2.04 bits per heavy atom. The summed E-state index contributed by atoms with van der Waals surface area (Å²) in [4.78, 5) is 27.6. The quantitative estimate of drug-likeness (QED) is 0.783. The van der Waals surface area contributed by atoms with Crippen molar-refractivity contribution in [2.75, 3.05) is 25.6 Å². The molecule has 0 radical (unpaired) electrons. The number of hydrogen-bond acceptors (Lipinski definition) is 5. The Kier molecular flexibility index (Phi) is 5.22. The third kappa shape index (κ3) is 3.46. The van der Waals surface area contributed by atoms with Crippen LogP contribution in [0.15, 0.2) is 41.4 Å². The molecule has 2 amide bonds. The minimum atomic E-state index is -0.357. The van der Waals surface area contributed by atoms with Crippen molar-refractivity contribution in [3.63, 3.8) is 0 Å². The summed E-state index contributed by atoms with van der Waals surface area (Å²) >= 11 is 7.49. The van der Waals surface area contributed by atoms with Crippen LogP contribution in [0.2, 0.25) is 5.02 Å². The number of benzene rings is 1. The van der Waals surface area contributed by atoms with Crippen molar-refractivity contribution >= 4 is 46.0 Å². The van der Waals surface area contributed by atoms with E-state index in [0.29, 0.717) is 22.9 Å². The molecule has 0 atom stereocenters. The fourth-order valence-electron chi connectivity index (χ4n) is 2.59. The van der Waals surface area contributed by atoms with E-state index >= 15 is 0 Å². The van der Waals surface area contributed by atoms with E-state index in [0.717, 1.165) is 10.4 Å². The first kappa shape index (κ1) is 17.7. The van der Waals surface area contributed by atoms with Gasteiger partial charge in [-0.3, -0.25) is 14.5 Å². The molecule has 1 N–H and O–H groups in total. The maximum Gasteiger partial charge on any atom is 0.278 e. The van der Waals surface area contributed by atoms with E-state index in [-0.39, 0.29) is 24.1 Å². The van der Waals surface area contributed by atoms with Gasteiger partial charge in [-0.05, 0) is 36.1 Å². The molecule has 2 aromatic rings. The molecule has 0 fully saturated rings. The molecule has 25 heavy (non-hydrogen) atoms. The average Bonchev–Trinajstić information content (AvgIpc) is 3.18. The second-order valence-electron chi connectivity index (χ2n) is 5.57. The molecule has 0 unspecified atom stereocenters. The summed E-state index contributed by atoms with van der Waals surface area (Å²) in [5.41, 5.74) is 2.29. The number of nitrogens with one attached hydrogen (secondary N) is 1. The predicted octanol–water partition coefficient (Wildman–Crippen LogP) is 3.55. The maximum absolute atomic E-state index is 12.8. The van der Waals surface area contributed by atoms with Crippen LogP contribution in [0.3, 0.4) is 0 Å². The van der Waals surface area contributed by atoms with E-state index in [9.17, 15) is 9.59 Å². The number of nitrogens with zero attached hydrogens (tertiary/aromatic N) is 1. The number of carbonyl (C=O) groups excluding carboxylic acids is 2. The molecule has 1 aromatic carbocycles. The molecular formula is C18H17ClN2O3S. The highest BCUT2D eigenvalue weighted by Gasteiger charge is 2.39. The lowest BCUT2D eigenvalue weighted by atomic mass is 10.1. The normalized spacial score (nSPS) is 14.6. The number of imide groups is 1. The zero-order valence-corrected chi connectivity index (χ0v) is 15.4. The van der Waals surface area contributed by atoms with Gasteiger partial charge in [-0.1, -0.05) is 23.7 Å². The summed E-state index contributed by atoms with van der Waals surface area (Å²) in [6.45, 7) is 2.41. The van der Waals surface area contributed by atoms with Gasteiger partial charge in [0.15, 0.2) is 0 Å². The van der Waals surface area contributed by atoms with Crippen LogP contribution in [0.25, 0.3) is 5.57 Å². The van der Waals surface area contributed by atoms with Gasteiger partial charge in [0.2, 0.25) is 0 Å². The van der Waals surface area contributed by atoms with Crippen LogP contribution in [0.5, 0.6) is 0 Å². The molecule has 130 valence electrons. The number of rotatable bonds is 6. The highest BCUT2D eigenvalue weighted by Crippen LogP contribution is 2.33. The molecule has 1 aliphatic rings. The molecule has 3 rings (SSSR count). The first-order valence-electron chi connectivity index (χ1n) is 7.69. The van der Waals surface area contributed by atoms with Crippen LogP contribution in [0.4, 0.5) is 5.69 Å². The van der Waals surface area contributed by atoms with Crippen molar-refractivity contribution in [2.45, 2.75) is 6.92 Å². The van der Waals surface area contributed by atoms with E-state index in [1.165, 1.54) is 23.3 Å². The monoisotopic (exact) mass is 376 g/mol. The number of thiophene rings is 1. The van der Waals surface area contributed by atoms with Crippen LogP contribution in [-0.2, 0) is 14.3 Å². The molecule has 1 aromatic heterocycles. The largest absolute Gasteiger partial charge is 0.383 e. The van der Waals surface area contributed by atoms with Gasteiger partial charge in [0.25, 0.3) is 11.8 Å². The number of anilines is 1. The lowest BCUT2D eigenvalue weighted by Gasteiger charge is -2.15. The Morgan fingerprint density at radius 3 is 2.72 bits per heavy atom. The van der Waals surface area contributed by atoms with Gasteiger partial charge in [-0.25, -0.2) is 0 Å². The second kappa shape index (κ2) is 7.39. The minimum absolute atomic E-state index is 0.211. The molecule has 0 aliphatic carbocycles. The van der Waals surface area contributed by atoms with Crippen molar-refractivity contribution in [1.29, 1.82) is 0 Å². The molecule has 0 bridgehead atoms. The molecule has 5 nitrogen and oxygen atoms in total. The molecule has 0 spiro atoms. The van der Waals surface area contributed by atoms with Gasteiger partial charge in [0.1, 0.15) is 5.70 Å². The molecular weight excluding hydrogens is 360 g/mol. The topological polar surface area (TPSA) is 58.6 Å². The van der Waals surface area contributed by atoms with Crippen molar-refractivity contribution in [3.05, 3.63) is 56.9 Å². The van der Waals surface area contributed by atoms with Gasteiger partial charge >= 0.3 is 0 Å². The molecule has 7 heteroatoms. The van der Waals surface area contributed by atoms with Crippen LogP contribution in [0, 0.1) is 6.92 Å². The number of aryl methyl sites for hydroxylation is 1. The fourth-order valence-corrected chi connectivity index (χ4v) is 3.53. The van der Waals surface area contributed by atoms with Crippen LogP contribution < -0.4 is 5.32 Å². The third-order valence-electron chi connectivity index (χ3n) is 3.91. The van der Waals surface area contributed by atoms with E-state index in [1.54, 1.807) is 12.1 Å². The van der Waals surface area contributed by atoms with Gasteiger partial charge in [0, 0.05) is 22.7 Å². The van der Waals surface area contributed by atoms with E-state index in [1.807, 2.05) is 30.5 Å². The summed E-state index contributed by atoms with van der Waals surface area (Å²) in [7, 11) is 1.53. The third-order valence-corrected chi connectivity index (χ3v) is 5.04. The maximum atomic E-state index is 12.8. The van der Waals surface area contributed by atoms with Crippen molar-refractivity contribution < 1.29 is 14.3 Å². The predicted molar refractivity (Wildman–Crippen MR) is 99.6 cm³/mol. The Labute approximate surface area is 154 Å². The Morgan fingerprint density at radius 1 is 1.24 bits per heavy atom. The van der Waals surface area contributed by atoms with E-state index < -0.39 is 0 Å². The van der Waals surface area contributed by atoms with Crippen LogP contribution >= 0.6 is 22.9 Å². The van der Waals surface area contributed by atoms with Gasteiger partial charge in [-0.2, -0.15) is 0 Å². The summed E-state index contributed by atoms with van der Waals surface area (Å²) < 4.78 is 5.01. The number of carbonyl (C=O) groups is 2. The lowest BCUT2D eigenvalue weighted by molar-refractivity contribution is -0.137. The number of amides is 2. The second-order valence-corrected chi connectivity index (χ2v) is 6.95. The van der Waals surface area contributed by atoms with E-state index in [2.05, 4.69) is 5.32 Å². The van der Waals surface area contributed by atoms with Crippen LogP contribution in [-0.4, -0.2) is 37.0 Å². The highest BCUT2D eigenvalue weighted by molar-refractivity contribution is 7.11. The standard InChI is InChI=1S/C18H17ClN2O3S/c1-11-5-6-12(19)10-13(11)20-16-15(14-4-3-9-25-14)17(22)21(18(16)23)7-8-24-2/h3-6,9-10,20H,7-8H2,1-2H3. The Balaban J connectivity index is 2.03. The summed E-state index contributed by atoms with van der Waals surface area (Å²) in [6.07, 6.45) is 0. The summed E-state index contributed by atoms with van der Waals surface area (Å²) in [5, 5.41) is 5.55. The van der Waals surface area contributed by atoms with Gasteiger partial charge < -0.3 is 10.1 Å². The lowest BCUT2D eigenvalue weighted by Crippen LogP contribution is -2.35. The van der Waals surface area contributed by atoms with Crippen molar-refractivity contribution in [3.8, 4) is 0 Å². The Hall–Kier alpha value is -2.15. The zero-order chi connectivity index (χ0) is 18.0. The number of hydrogen-bond donors (Lipinski definition) is 1. The van der Waals surface area contributed by atoms with Gasteiger partial charge in [-0.15, -0.1) is 11.3 Å². The summed E-state index contributed by atoms with van der Waals surface area (Å²) in [5.74, 6) is -0.670. The Bertz CT molecular complexity index is 846. The number of halogens is 1. The number of methoxy groups -OCH3 is 1. The SMILES string of the molecule is COCCN1C(=O)C(Nc2cc(Cl)ccc2C)=C(c2cccs2)C1=O.